The Hall–Kier alpha value is -2.65. The highest BCUT2D eigenvalue weighted by Gasteiger charge is 2.13. The normalized spacial score (nSPS) is 12.4. The molecular weight excluding hydrogens is 384 g/mol. The average molecular weight is 415 g/mol. The van der Waals surface area contributed by atoms with Crippen molar-refractivity contribution < 1.29 is 14.9 Å². The summed E-state index contributed by atoms with van der Waals surface area (Å²) >= 11 is 0. The highest BCUT2D eigenvalue weighted by atomic mass is 16.5. The fourth-order valence-electron chi connectivity index (χ4n) is 3.32. The summed E-state index contributed by atoms with van der Waals surface area (Å²) in [5.74, 6) is 0.690. The maximum atomic E-state index is 12.1. The topological polar surface area (TPSA) is 101 Å². The highest BCUT2D eigenvalue weighted by molar-refractivity contribution is 5.76. The molecular formula is C22H30N4O4. The van der Waals surface area contributed by atoms with E-state index in [0.717, 1.165) is 36.2 Å². The smallest absolute Gasteiger partial charge is 0.328 e. The zero-order valence-electron chi connectivity index (χ0n) is 17.5. The summed E-state index contributed by atoms with van der Waals surface area (Å²) in [5.41, 5.74) is 3.36. The van der Waals surface area contributed by atoms with Crippen molar-refractivity contribution in [1.82, 2.24) is 19.8 Å². The molecule has 0 aliphatic rings. The predicted octanol–water partition coefficient (Wildman–Crippen LogP) is 0.661. The van der Waals surface area contributed by atoms with Gasteiger partial charge in [0.25, 0.3) is 0 Å². The van der Waals surface area contributed by atoms with Gasteiger partial charge >= 0.3 is 5.69 Å². The molecule has 8 heteroatoms. The zero-order valence-corrected chi connectivity index (χ0v) is 17.5. The van der Waals surface area contributed by atoms with Crippen LogP contribution in [-0.2, 0) is 20.6 Å². The number of ether oxygens (including phenoxy) is 1. The minimum Gasteiger partial charge on any atom is -0.491 e. The molecule has 4 N–H and O–H groups in total. The molecule has 3 aromatic rings. The molecule has 0 amide bonds. The van der Waals surface area contributed by atoms with Crippen molar-refractivity contribution in [3.63, 3.8) is 0 Å². The Labute approximate surface area is 175 Å². The van der Waals surface area contributed by atoms with Crippen molar-refractivity contribution in [1.29, 1.82) is 0 Å². The number of fused-ring (bicyclic) bond motifs is 1. The number of aromatic nitrogens is 2. The molecule has 3 rings (SSSR count). The molecule has 0 aliphatic carbocycles. The van der Waals surface area contributed by atoms with Gasteiger partial charge in [0.15, 0.2) is 0 Å². The van der Waals surface area contributed by atoms with Gasteiger partial charge in [0.1, 0.15) is 18.5 Å². The van der Waals surface area contributed by atoms with Crippen molar-refractivity contribution >= 4 is 11.0 Å². The van der Waals surface area contributed by atoms with E-state index in [0.29, 0.717) is 17.9 Å². The summed E-state index contributed by atoms with van der Waals surface area (Å²) in [4.78, 5) is 12.1. The maximum absolute atomic E-state index is 12.1. The second kappa shape index (κ2) is 10.4. The Morgan fingerprint density at radius 2 is 1.67 bits per heavy atom. The number of aliphatic hydroxyl groups is 2. The number of aryl methyl sites for hydroxylation is 2. The third kappa shape index (κ3) is 5.28. The van der Waals surface area contributed by atoms with E-state index in [-0.39, 0.29) is 18.9 Å². The average Bonchev–Trinajstić information content (AvgIpc) is 2.99. The quantitative estimate of drug-likeness (QED) is 0.344. The van der Waals surface area contributed by atoms with Crippen LogP contribution in [0.25, 0.3) is 11.0 Å². The van der Waals surface area contributed by atoms with Crippen molar-refractivity contribution in [2.75, 3.05) is 32.8 Å². The van der Waals surface area contributed by atoms with Gasteiger partial charge in [0, 0.05) is 40.3 Å². The summed E-state index contributed by atoms with van der Waals surface area (Å²) in [7, 11) is 3.46. The number of aliphatic hydroxyl groups excluding tert-OH is 2. The molecule has 0 spiro atoms. The minimum atomic E-state index is -0.794. The molecule has 1 heterocycles. The molecule has 1 atom stereocenters. The molecule has 1 aromatic heterocycles. The SMILES string of the molecule is Cn1c(=O)n(C)c2cc([C@H](O)COc3ccc(CNCCNCCO)cc3)ccc21. The van der Waals surface area contributed by atoms with Crippen molar-refractivity contribution in [3.05, 3.63) is 64.1 Å². The van der Waals surface area contributed by atoms with Crippen molar-refractivity contribution in [2.45, 2.75) is 12.6 Å². The fourth-order valence-corrected chi connectivity index (χ4v) is 3.32. The van der Waals surface area contributed by atoms with Crippen molar-refractivity contribution in [3.8, 4) is 5.75 Å². The Morgan fingerprint density at radius 1 is 0.967 bits per heavy atom. The lowest BCUT2D eigenvalue weighted by molar-refractivity contribution is 0.108. The lowest BCUT2D eigenvalue weighted by Gasteiger charge is -2.14. The van der Waals surface area contributed by atoms with E-state index in [1.54, 1.807) is 23.2 Å². The summed E-state index contributed by atoms with van der Waals surface area (Å²) in [6.07, 6.45) is -0.794. The van der Waals surface area contributed by atoms with Crippen LogP contribution in [0, 0.1) is 0 Å². The first kappa shape index (κ1) is 22.0. The van der Waals surface area contributed by atoms with Gasteiger partial charge in [-0.05, 0) is 35.4 Å². The number of nitrogens with one attached hydrogen (secondary N) is 2. The van der Waals surface area contributed by atoms with Gasteiger partial charge in [-0.2, -0.15) is 0 Å². The van der Waals surface area contributed by atoms with Crippen LogP contribution in [0.1, 0.15) is 17.2 Å². The summed E-state index contributed by atoms with van der Waals surface area (Å²) in [5, 5.41) is 25.7. The first-order valence-electron chi connectivity index (χ1n) is 10.1. The van der Waals surface area contributed by atoms with Crippen LogP contribution in [-0.4, -0.2) is 52.2 Å². The monoisotopic (exact) mass is 414 g/mol. The Kier molecular flexibility index (Phi) is 7.64. The molecule has 0 saturated heterocycles. The molecule has 0 bridgehead atoms. The van der Waals surface area contributed by atoms with Crippen LogP contribution in [0.2, 0.25) is 0 Å². The molecule has 0 radical (unpaired) electrons. The summed E-state index contributed by atoms with van der Waals surface area (Å²) in [6, 6.07) is 13.2. The lowest BCUT2D eigenvalue weighted by atomic mass is 10.1. The van der Waals surface area contributed by atoms with Gasteiger partial charge in [-0.1, -0.05) is 18.2 Å². The van der Waals surface area contributed by atoms with Crippen LogP contribution >= 0.6 is 0 Å². The largest absolute Gasteiger partial charge is 0.491 e. The fraction of sp³-hybridized carbons (Fsp3) is 0.409. The van der Waals surface area contributed by atoms with Crippen LogP contribution < -0.4 is 21.1 Å². The van der Waals surface area contributed by atoms with E-state index < -0.39 is 6.10 Å². The first-order valence-corrected chi connectivity index (χ1v) is 10.1. The van der Waals surface area contributed by atoms with Gasteiger partial charge in [-0.15, -0.1) is 0 Å². The molecule has 162 valence electrons. The zero-order chi connectivity index (χ0) is 21.5. The minimum absolute atomic E-state index is 0.0936. The highest BCUT2D eigenvalue weighted by Crippen LogP contribution is 2.21. The Balaban J connectivity index is 1.51. The maximum Gasteiger partial charge on any atom is 0.328 e. The molecule has 0 aliphatic heterocycles. The Bertz CT molecular complexity index is 1010. The molecule has 2 aromatic carbocycles. The molecule has 30 heavy (non-hydrogen) atoms. The number of rotatable bonds is 11. The van der Waals surface area contributed by atoms with Crippen molar-refractivity contribution in [2.24, 2.45) is 14.1 Å². The number of imidazole rings is 1. The second-order valence-corrected chi connectivity index (χ2v) is 7.27. The third-order valence-corrected chi connectivity index (χ3v) is 5.11. The van der Waals surface area contributed by atoms with Gasteiger partial charge in [-0.3, -0.25) is 9.13 Å². The van der Waals surface area contributed by atoms with Gasteiger partial charge in [-0.25, -0.2) is 4.79 Å². The molecule has 8 nitrogen and oxygen atoms in total. The molecule has 0 unspecified atom stereocenters. The third-order valence-electron chi connectivity index (χ3n) is 5.11. The van der Waals surface area contributed by atoms with Gasteiger partial charge in [0.2, 0.25) is 0 Å². The molecule has 0 saturated carbocycles. The van der Waals surface area contributed by atoms with Gasteiger partial charge in [0.05, 0.1) is 17.6 Å². The molecule has 0 fully saturated rings. The number of nitrogens with zero attached hydrogens (tertiary/aromatic N) is 2. The Morgan fingerprint density at radius 3 is 2.40 bits per heavy atom. The summed E-state index contributed by atoms with van der Waals surface area (Å²) in [6.45, 7) is 3.26. The number of hydrogen-bond donors (Lipinski definition) is 4. The second-order valence-electron chi connectivity index (χ2n) is 7.27. The van der Waals surface area contributed by atoms with E-state index in [9.17, 15) is 9.90 Å². The van der Waals surface area contributed by atoms with E-state index in [1.165, 1.54) is 0 Å². The van der Waals surface area contributed by atoms with Gasteiger partial charge < -0.3 is 25.6 Å². The standard InChI is InChI=1S/C22H30N4O4/c1-25-19-8-5-17(13-20(19)26(2)22(25)29)21(28)15-30-18-6-3-16(4-7-18)14-24-10-9-23-11-12-27/h3-8,13,21,23-24,27-28H,9-12,14-15H2,1-2H3/t21-/m1/s1. The number of benzene rings is 2. The van der Waals surface area contributed by atoms with Crippen LogP contribution in [0.15, 0.2) is 47.3 Å². The van der Waals surface area contributed by atoms with Crippen LogP contribution in [0.4, 0.5) is 0 Å². The van der Waals surface area contributed by atoms with Crippen LogP contribution in [0.5, 0.6) is 5.75 Å². The van der Waals surface area contributed by atoms with E-state index in [2.05, 4.69) is 10.6 Å². The predicted molar refractivity (Wildman–Crippen MR) is 117 cm³/mol. The lowest BCUT2D eigenvalue weighted by Crippen LogP contribution is -2.28. The van der Waals surface area contributed by atoms with Crippen LogP contribution in [0.3, 0.4) is 0 Å². The van der Waals surface area contributed by atoms with E-state index in [4.69, 9.17) is 9.84 Å². The number of hydrogen-bond acceptors (Lipinski definition) is 6. The summed E-state index contributed by atoms with van der Waals surface area (Å²) < 4.78 is 8.90. The van der Waals surface area contributed by atoms with E-state index in [1.807, 2.05) is 42.5 Å². The van der Waals surface area contributed by atoms with E-state index >= 15 is 0 Å². The first-order chi connectivity index (χ1) is 14.5.